The Morgan fingerprint density at radius 1 is 1.06 bits per heavy atom. The van der Waals surface area contributed by atoms with Crippen molar-refractivity contribution in [3.05, 3.63) is 94.8 Å². The van der Waals surface area contributed by atoms with E-state index in [0.29, 0.717) is 25.1 Å². The maximum absolute atomic E-state index is 13.1. The predicted molar refractivity (Wildman–Crippen MR) is 125 cm³/mol. The number of nitrogens with zero attached hydrogens (tertiary/aromatic N) is 2. The number of pyridine rings is 1. The number of benzene rings is 2. The zero-order valence-electron chi connectivity index (χ0n) is 18.7. The van der Waals surface area contributed by atoms with Crippen LogP contribution in [0.5, 0.6) is 0 Å². The minimum Gasteiger partial charge on any atom is -0.469 e. The first-order valence-electron chi connectivity index (χ1n) is 10.9. The molecule has 1 atom stereocenters. The van der Waals surface area contributed by atoms with Crippen molar-refractivity contribution in [2.24, 2.45) is 5.92 Å². The van der Waals surface area contributed by atoms with Crippen molar-refractivity contribution in [3.63, 3.8) is 0 Å². The fourth-order valence-electron chi connectivity index (χ4n) is 4.33. The molecule has 3 aromatic rings. The van der Waals surface area contributed by atoms with Crippen LogP contribution in [-0.4, -0.2) is 36.9 Å². The summed E-state index contributed by atoms with van der Waals surface area (Å²) in [7, 11) is 1.43. The molecule has 5 nitrogen and oxygen atoms in total. The molecular formula is C27H28N2O3. The normalized spacial score (nSPS) is 14.5. The Labute approximate surface area is 189 Å². The van der Waals surface area contributed by atoms with Crippen LogP contribution in [0.15, 0.2) is 66.9 Å². The first kappa shape index (κ1) is 21.8. The number of ketones is 1. The molecule has 0 unspecified atom stereocenters. The monoisotopic (exact) mass is 428 g/mol. The van der Waals surface area contributed by atoms with Gasteiger partial charge in [-0.1, -0.05) is 36.4 Å². The summed E-state index contributed by atoms with van der Waals surface area (Å²) in [6, 6.07) is 20.2. The van der Waals surface area contributed by atoms with Crippen LogP contribution < -0.4 is 4.90 Å². The molecule has 32 heavy (non-hydrogen) atoms. The molecule has 0 bridgehead atoms. The Balaban J connectivity index is 1.57. The Morgan fingerprint density at radius 2 is 1.78 bits per heavy atom. The lowest BCUT2D eigenvalue weighted by Gasteiger charge is -2.39. The molecule has 0 N–H and O–H groups in total. The van der Waals surface area contributed by atoms with Crippen LogP contribution in [0.25, 0.3) is 0 Å². The molecule has 5 heteroatoms. The van der Waals surface area contributed by atoms with Crippen molar-refractivity contribution in [3.8, 4) is 0 Å². The second-order valence-electron chi connectivity index (χ2n) is 8.44. The number of aromatic nitrogens is 1. The Bertz CT molecular complexity index is 1120. The van der Waals surface area contributed by atoms with E-state index in [9.17, 15) is 9.59 Å². The largest absolute Gasteiger partial charge is 0.469 e. The van der Waals surface area contributed by atoms with Gasteiger partial charge in [0.1, 0.15) is 0 Å². The molecular weight excluding hydrogens is 400 g/mol. The number of hydrogen-bond donors (Lipinski definition) is 0. The topological polar surface area (TPSA) is 59.5 Å². The number of Topliss-reactive ketones (excluding diaryl/α,β-unsaturated/α-hetero) is 1. The van der Waals surface area contributed by atoms with Crippen LogP contribution in [-0.2, 0) is 9.53 Å². The molecule has 1 aliphatic heterocycles. The predicted octanol–water partition coefficient (Wildman–Crippen LogP) is 4.71. The number of aryl methyl sites for hydroxylation is 2. The highest BCUT2D eigenvalue weighted by molar-refractivity contribution is 5.96. The number of hydrogen-bond acceptors (Lipinski definition) is 5. The highest BCUT2D eigenvalue weighted by atomic mass is 16.5. The molecule has 1 saturated heterocycles. The molecule has 0 aliphatic carbocycles. The second kappa shape index (κ2) is 9.35. The van der Waals surface area contributed by atoms with E-state index >= 15 is 0 Å². The van der Waals surface area contributed by atoms with E-state index in [1.165, 1.54) is 12.7 Å². The van der Waals surface area contributed by atoms with Gasteiger partial charge in [0, 0.05) is 48.6 Å². The molecule has 164 valence electrons. The first-order valence-corrected chi connectivity index (χ1v) is 10.9. The van der Waals surface area contributed by atoms with E-state index < -0.39 is 0 Å². The SMILES string of the molecule is COC(=O)C1CN(c2ccc([C@@H](CC(=O)c3ccnc(C)c3)c3ccccc3C)cc2)C1. The van der Waals surface area contributed by atoms with Gasteiger partial charge in [0.2, 0.25) is 0 Å². The number of carbonyl (C=O) groups excluding carboxylic acids is 2. The number of carbonyl (C=O) groups is 2. The summed E-state index contributed by atoms with van der Waals surface area (Å²) in [5.41, 5.74) is 6.05. The number of ether oxygens (including phenoxy) is 1. The van der Waals surface area contributed by atoms with Gasteiger partial charge in [-0.25, -0.2) is 0 Å². The van der Waals surface area contributed by atoms with Gasteiger partial charge in [0.25, 0.3) is 0 Å². The molecule has 0 spiro atoms. The van der Waals surface area contributed by atoms with Crippen LogP contribution in [0.4, 0.5) is 5.69 Å². The number of anilines is 1. The summed E-state index contributed by atoms with van der Waals surface area (Å²) >= 11 is 0. The van der Waals surface area contributed by atoms with Crippen molar-refractivity contribution < 1.29 is 14.3 Å². The van der Waals surface area contributed by atoms with E-state index in [4.69, 9.17) is 4.74 Å². The van der Waals surface area contributed by atoms with Gasteiger partial charge in [-0.3, -0.25) is 14.6 Å². The summed E-state index contributed by atoms with van der Waals surface area (Å²) in [6.07, 6.45) is 2.08. The molecule has 0 radical (unpaired) electrons. The molecule has 1 aliphatic rings. The lowest BCUT2D eigenvalue weighted by Crippen LogP contribution is -2.50. The van der Waals surface area contributed by atoms with Crippen molar-refractivity contribution in [2.45, 2.75) is 26.2 Å². The van der Waals surface area contributed by atoms with Gasteiger partial charge >= 0.3 is 5.97 Å². The standard InChI is InChI=1S/C27H28N2O3/c1-18-6-4-5-7-24(18)25(15-26(30)21-12-13-28-19(2)14-21)20-8-10-23(11-9-20)29-16-22(17-29)27(31)32-3/h4-14,22,25H,15-17H2,1-3H3/t25-/m1/s1. The summed E-state index contributed by atoms with van der Waals surface area (Å²) in [5.74, 6) is -0.134. The highest BCUT2D eigenvalue weighted by Crippen LogP contribution is 2.34. The number of esters is 1. The highest BCUT2D eigenvalue weighted by Gasteiger charge is 2.33. The molecule has 0 amide bonds. The molecule has 4 rings (SSSR count). The fraction of sp³-hybridized carbons (Fsp3) is 0.296. The Kier molecular flexibility index (Phi) is 6.35. The van der Waals surface area contributed by atoms with Gasteiger partial charge in [0.15, 0.2) is 5.78 Å². The number of methoxy groups -OCH3 is 1. The van der Waals surface area contributed by atoms with Crippen molar-refractivity contribution >= 4 is 17.4 Å². The van der Waals surface area contributed by atoms with Gasteiger partial charge in [-0.05, 0) is 54.8 Å². The second-order valence-corrected chi connectivity index (χ2v) is 8.44. The van der Waals surface area contributed by atoms with E-state index in [2.05, 4.69) is 53.2 Å². The van der Waals surface area contributed by atoms with Crippen molar-refractivity contribution in [1.82, 2.24) is 4.98 Å². The smallest absolute Gasteiger partial charge is 0.312 e. The summed E-state index contributed by atoms with van der Waals surface area (Å²) in [4.78, 5) is 31.2. The molecule has 1 aromatic heterocycles. The van der Waals surface area contributed by atoms with Crippen LogP contribution in [0.2, 0.25) is 0 Å². The van der Waals surface area contributed by atoms with E-state index in [1.807, 2.05) is 25.1 Å². The molecule has 2 aromatic carbocycles. The quantitative estimate of drug-likeness (QED) is 0.403. The van der Waals surface area contributed by atoms with Crippen LogP contribution in [0.3, 0.4) is 0 Å². The maximum Gasteiger partial charge on any atom is 0.312 e. The van der Waals surface area contributed by atoms with Crippen molar-refractivity contribution in [1.29, 1.82) is 0 Å². The average Bonchev–Trinajstić information content (AvgIpc) is 2.77. The molecule has 1 fully saturated rings. The minimum absolute atomic E-state index is 0.0366. The molecule has 2 heterocycles. The van der Waals surface area contributed by atoms with Crippen molar-refractivity contribution in [2.75, 3.05) is 25.1 Å². The first-order chi connectivity index (χ1) is 15.5. The lowest BCUT2D eigenvalue weighted by molar-refractivity contribution is -0.146. The van der Waals surface area contributed by atoms with Crippen LogP contribution in [0, 0.1) is 19.8 Å². The Morgan fingerprint density at radius 3 is 2.44 bits per heavy atom. The Hall–Kier alpha value is -3.47. The minimum atomic E-state index is -0.151. The van der Waals surface area contributed by atoms with E-state index in [1.54, 1.807) is 12.3 Å². The van der Waals surface area contributed by atoms with E-state index in [-0.39, 0.29) is 23.6 Å². The zero-order valence-corrected chi connectivity index (χ0v) is 18.7. The summed E-state index contributed by atoms with van der Waals surface area (Å²) in [5, 5.41) is 0. The average molecular weight is 429 g/mol. The van der Waals surface area contributed by atoms with Gasteiger partial charge in [-0.15, -0.1) is 0 Å². The van der Waals surface area contributed by atoms with Gasteiger partial charge in [0.05, 0.1) is 13.0 Å². The third-order valence-corrected chi connectivity index (χ3v) is 6.25. The zero-order chi connectivity index (χ0) is 22.7. The lowest BCUT2D eigenvalue weighted by atomic mass is 9.83. The summed E-state index contributed by atoms with van der Waals surface area (Å²) < 4.78 is 4.83. The number of rotatable bonds is 7. The molecule has 0 saturated carbocycles. The van der Waals surface area contributed by atoms with Crippen LogP contribution in [0.1, 0.15) is 45.1 Å². The fourth-order valence-corrected chi connectivity index (χ4v) is 4.33. The third kappa shape index (κ3) is 4.57. The van der Waals surface area contributed by atoms with Gasteiger partial charge < -0.3 is 9.64 Å². The van der Waals surface area contributed by atoms with Gasteiger partial charge in [-0.2, -0.15) is 0 Å². The third-order valence-electron chi connectivity index (χ3n) is 6.25. The maximum atomic E-state index is 13.1. The summed E-state index contributed by atoms with van der Waals surface area (Å²) in [6.45, 7) is 5.33. The van der Waals surface area contributed by atoms with Crippen LogP contribution >= 0.6 is 0 Å². The van der Waals surface area contributed by atoms with E-state index in [0.717, 1.165) is 22.5 Å².